The van der Waals surface area contributed by atoms with Crippen molar-refractivity contribution in [3.63, 3.8) is 0 Å². The minimum atomic E-state index is -4.48. The number of hydrogen-bond acceptors (Lipinski definition) is 3. The Balaban J connectivity index is 1.76. The van der Waals surface area contributed by atoms with Crippen molar-refractivity contribution in [1.82, 2.24) is 5.32 Å². The predicted molar refractivity (Wildman–Crippen MR) is 95.2 cm³/mol. The first-order valence-corrected chi connectivity index (χ1v) is 8.78. The number of amides is 1. The number of fused-ring (bicyclic) bond motifs is 1. The van der Waals surface area contributed by atoms with Crippen LogP contribution in [-0.2, 0) is 12.6 Å². The second-order valence-corrected chi connectivity index (χ2v) is 7.32. The van der Waals surface area contributed by atoms with E-state index in [1.165, 1.54) is 6.92 Å². The number of halogens is 4. The van der Waals surface area contributed by atoms with E-state index in [1.807, 2.05) is 12.1 Å². The maximum atomic E-state index is 12.6. The van der Waals surface area contributed by atoms with Gasteiger partial charge in [0.2, 0.25) is 0 Å². The van der Waals surface area contributed by atoms with E-state index in [0.717, 1.165) is 34.3 Å². The normalized spacial score (nSPS) is 18.0. The van der Waals surface area contributed by atoms with Crippen LogP contribution in [-0.4, -0.2) is 17.6 Å². The highest BCUT2D eigenvalue weighted by molar-refractivity contribution is 9.10. The minimum Gasteiger partial charge on any atom is -0.486 e. The monoisotopic (exact) mass is 438 g/mol. The van der Waals surface area contributed by atoms with Crippen LogP contribution in [0.2, 0.25) is 0 Å². The first kappa shape index (κ1) is 19.2. The summed E-state index contributed by atoms with van der Waals surface area (Å²) in [4.78, 5) is 12.5. The van der Waals surface area contributed by atoms with Gasteiger partial charge in [0, 0.05) is 16.5 Å². The number of nitrogens with zero attached hydrogens (tertiary/aromatic N) is 1. The Morgan fingerprint density at radius 2 is 1.93 bits per heavy atom. The minimum absolute atomic E-state index is 0.0303. The summed E-state index contributed by atoms with van der Waals surface area (Å²) in [6.45, 7) is 1.53. The Kier molecular flexibility index (Phi) is 4.91. The maximum Gasteiger partial charge on any atom is 0.416 e. The Morgan fingerprint density at radius 1 is 1.26 bits per heavy atom. The van der Waals surface area contributed by atoms with Crippen LogP contribution in [0.1, 0.15) is 28.4 Å². The molecule has 1 heterocycles. The van der Waals surface area contributed by atoms with Crippen LogP contribution in [0.15, 0.2) is 46.9 Å². The number of alkyl halides is 3. The lowest BCUT2D eigenvalue weighted by Crippen LogP contribution is -2.55. The molecule has 0 saturated carbocycles. The molecule has 0 spiro atoms. The van der Waals surface area contributed by atoms with Crippen LogP contribution < -0.4 is 10.1 Å². The number of carbonyl (C=O) groups excluding carboxylic acids is 1. The van der Waals surface area contributed by atoms with Gasteiger partial charge in [-0.25, -0.2) is 0 Å². The number of benzene rings is 2. The molecular formula is C19H14BrF3N2O2. The molecule has 4 nitrogen and oxygen atoms in total. The van der Waals surface area contributed by atoms with Gasteiger partial charge in [-0.15, -0.1) is 0 Å². The van der Waals surface area contributed by atoms with Crippen LogP contribution in [0.25, 0.3) is 0 Å². The van der Waals surface area contributed by atoms with Crippen LogP contribution in [0.3, 0.4) is 0 Å². The first-order chi connectivity index (χ1) is 12.6. The summed E-state index contributed by atoms with van der Waals surface area (Å²) >= 11 is 3.37. The van der Waals surface area contributed by atoms with Crippen molar-refractivity contribution in [2.24, 2.45) is 0 Å². The van der Waals surface area contributed by atoms with Gasteiger partial charge in [-0.3, -0.25) is 4.79 Å². The summed E-state index contributed by atoms with van der Waals surface area (Å²) in [7, 11) is 0. The molecule has 1 aliphatic heterocycles. The largest absolute Gasteiger partial charge is 0.486 e. The average molecular weight is 439 g/mol. The van der Waals surface area contributed by atoms with E-state index in [9.17, 15) is 23.2 Å². The Labute approximate surface area is 162 Å². The molecule has 1 N–H and O–H groups in total. The van der Waals surface area contributed by atoms with E-state index in [4.69, 9.17) is 4.74 Å². The molecule has 0 aromatic heterocycles. The van der Waals surface area contributed by atoms with Gasteiger partial charge in [0.15, 0.2) is 5.54 Å². The quantitative estimate of drug-likeness (QED) is 0.767. The Morgan fingerprint density at radius 3 is 2.52 bits per heavy atom. The van der Waals surface area contributed by atoms with Crippen molar-refractivity contribution in [2.45, 2.75) is 31.2 Å². The number of carbonyl (C=O) groups is 1. The van der Waals surface area contributed by atoms with Crippen molar-refractivity contribution < 1.29 is 22.7 Å². The van der Waals surface area contributed by atoms with Crippen molar-refractivity contribution in [3.8, 4) is 11.8 Å². The topological polar surface area (TPSA) is 62.1 Å². The molecule has 0 bridgehead atoms. The molecule has 2 unspecified atom stereocenters. The van der Waals surface area contributed by atoms with E-state index in [-0.39, 0.29) is 5.56 Å². The zero-order valence-electron chi connectivity index (χ0n) is 14.1. The third-order valence-corrected chi connectivity index (χ3v) is 4.91. The van der Waals surface area contributed by atoms with Crippen molar-refractivity contribution >= 4 is 21.8 Å². The molecular weight excluding hydrogens is 425 g/mol. The van der Waals surface area contributed by atoms with Crippen LogP contribution in [0.4, 0.5) is 13.2 Å². The number of hydrogen-bond donors (Lipinski definition) is 1. The highest BCUT2D eigenvalue weighted by Crippen LogP contribution is 2.35. The number of ether oxygens (including phenoxy) is 1. The van der Waals surface area contributed by atoms with Gasteiger partial charge in [0.1, 0.15) is 11.9 Å². The molecule has 1 aliphatic rings. The lowest BCUT2D eigenvalue weighted by molar-refractivity contribution is -0.137. The van der Waals surface area contributed by atoms with Crippen molar-refractivity contribution in [2.75, 3.05) is 0 Å². The van der Waals surface area contributed by atoms with E-state index < -0.39 is 29.3 Å². The average Bonchev–Trinajstić information content (AvgIpc) is 3.04. The molecule has 0 radical (unpaired) electrons. The third-order valence-electron chi connectivity index (χ3n) is 4.42. The second kappa shape index (κ2) is 6.89. The summed E-state index contributed by atoms with van der Waals surface area (Å²) in [5.41, 5.74) is -1.27. The highest BCUT2D eigenvalue weighted by atomic mass is 79.9. The van der Waals surface area contributed by atoms with Gasteiger partial charge in [-0.2, -0.15) is 18.4 Å². The molecule has 0 fully saturated rings. The molecule has 2 atom stereocenters. The number of nitriles is 1. The van der Waals surface area contributed by atoms with Gasteiger partial charge in [-0.05, 0) is 55.0 Å². The summed E-state index contributed by atoms with van der Waals surface area (Å²) in [6, 6.07) is 11.3. The van der Waals surface area contributed by atoms with Crippen molar-refractivity contribution in [1.29, 1.82) is 5.26 Å². The fourth-order valence-corrected chi connectivity index (χ4v) is 3.25. The second-order valence-electron chi connectivity index (χ2n) is 6.41. The molecule has 8 heteroatoms. The Hall–Kier alpha value is -2.53. The molecule has 27 heavy (non-hydrogen) atoms. The zero-order valence-corrected chi connectivity index (χ0v) is 15.7. The molecule has 140 valence electrons. The number of rotatable bonds is 3. The molecule has 3 rings (SSSR count). The van der Waals surface area contributed by atoms with E-state index >= 15 is 0 Å². The Bertz CT molecular complexity index is 922. The van der Waals surface area contributed by atoms with Gasteiger partial charge >= 0.3 is 6.18 Å². The summed E-state index contributed by atoms with van der Waals surface area (Å²) in [5.74, 6) is -0.0121. The van der Waals surface area contributed by atoms with E-state index in [1.54, 1.807) is 6.07 Å². The van der Waals surface area contributed by atoms with Crippen LogP contribution in [0, 0.1) is 11.3 Å². The highest BCUT2D eigenvalue weighted by Gasteiger charge is 2.42. The molecule has 2 aromatic carbocycles. The van der Waals surface area contributed by atoms with Crippen LogP contribution >= 0.6 is 15.9 Å². The number of nitrogens with one attached hydrogen (secondary N) is 1. The maximum absolute atomic E-state index is 12.6. The zero-order chi connectivity index (χ0) is 19.8. The summed E-state index contributed by atoms with van der Waals surface area (Å²) in [6.07, 6.45) is -4.68. The van der Waals surface area contributed by atoms with Crippen molar-refractivity contribution in [3.05, 3.63) is 63.6 Å². The van der Waals surface area contributed by atoms with E-state index in [0.29, 0.717) is 12.2 Å². The molecule has 0 saturated heterocycles. The predicted octanol–water partition coefficient (Wildman–Crippen LogP) is 4.48. The molecule has 1 amide bonds. The van der Waals surface area contributed by atoms with Crippen LogP contribution in [0.5, 0.6) is 5.75 Å². The molecule has 2 aromatic rings. The first-order valence-electron chi connectivity index (χ1n) is 7.98. The molecule has 0 aliphatic carbocycles. The van der Waals surface area contributed by atoms with Gasteiger partial charge in [0.05, 0.1) is 11.6 Å². The summed E-state index contributed by atoms with van der Waals surface area (Å²) in [5, 5.41) is 12.2. The fraction of sp³-hybridized carbons (Fsp3) is 0.263. The smallest absolute Gasteiger partial charge is 0.416 e. The van der Waals surface area contributed by atoms with Gasteiger partial charge in [0.25, 0.3) is 5.91 Å². The van der Waals surface area contributed by atoms with Gasteiger partial charge < -0.3 is 10.1 Å². The lowest BCUT2D eigenvalue weighted by atomic mass is 9.92. The fourth-order valence-electron chi connectivity index (χ4n) is 2.84. The summed E-state index contributed by atoms with van der Waals surface area (Å²) < 4.78 is 44.6. The SMILES string of the molecule is CC(C#N)(NC(=O)c1ccc(C(F)(F)F)cc1)C1Cc2cc(Br)ccc2O1. The third kappa shape index (κ3) is 3.93. The lowest BCUT2D eigenvalue weighted by Gasteiger charge is -2.29. The standard InChI is InChI=1S/C19H14BrF3N2O2/c1-18(10-24,16-9-12-8-14(20)6-7-15(12)27-16)25-17(26)11-2-4-13(5-3-11)19(21,22)23/h2-8,16H,9H2,1H3,(H,25,26). The van der Waals surface area contributed by atoms with E-state index in [2.05, 4.69) is 27.3 Å². The van der Waals surface area contributed by atoms with Gasteiger partial charge in [-0.1, -0.05) is 15.9 Å².